The standard InChI is InChI=1S/C14H16N2O/c1-9-6-12(7-10(2)14(9)17)4-5-13-8-11(3)15-16-13/h4-8,17H,1-3H3,(H,15,16)/b5-4+. The van der Waals surface area contributed by atoms with E-state index in [1.165, 1.54) is 0 Å². The number of aryl methyl sites for hydroxylation is 3. The second kappa shape index (κ2) is 4.45. The van der Waals surface area contributed by atoms with Gasteiger partial charge in [0.25, 0.3) is 0 Å². The fourth-order valence-corrected chi connectivity index (χ4v) is 1.79. The number of H-pyrrole nitrogens is 1. The molecule has 0 saturated carbocycles. The minimum atomic E-state index is 0.373. The highest BCUT2D eigenvalue weighted by Crippen LogP contribution is 2.23. The molecule has 0 unspecified atom stereocenters. The van der Waals surface area contributed by atoms with Crippen molar-refractivity contribution in [1.82, 2.24) is 10.2 Å². The molecular formula is C14H16N2O. The van der Waals surface area contributed by atoms with Crippen LogP contribution < -0.4 is 0 Å². The lowest BCUT2D eigenvalue weighted by Gasteiger charge is -2.04. The molecule has 1 aromatic heterocycles. The number of nitrogens with zero attached hydrogens (tertiary/aromatic N) is 1. The highest BCUT2D eigenvalue weighted by molar-refractivity contribution is 5.69. The quantitative estimate of drug-likeness (QED) is 0.829. The number of benzene rings is 1. The Balaban J connectivity index is 2.27. The molecule has 0 aliphatic carbocycles. The molecule has 0 amide bonds. The summed E-state index contributed by atoms with van der Waals surface area (Å²) in [4.78, 5) is 0. The molecule has 1 aromatic carbocycles. The maximum Gasteiger partial charge on any atom is 0.121 e. The molecule has 0 radical (unpaired) electrons. The lowest BCUT2D eigenvalue weighted by atomic mass is 10.1. The molecule has 17 heavy (non-hydrogen) atoms. The first-order chi connectivity index (χ1) is 8.06. The smallest absolute Gasteiger partial charge is 0.121 e. The number of hydrogen-bond acceptors (Lipinski definition) is 2. The van der Waals surface area contributed by atoms with Gasteiger partial charge in [0.2, 0.25) is 0 Å². The topological polar surface area (TPSA) is 48.9 Å². The molecule has 2 rings (SSSR count). The molecule has 0 spiro atoms. The Morgan fingerprint density at radius 3 is 2.24 bits per heavy atom. The van der Waals surface area contributed by atoms with E-state index in [0.29, 0.717) is 5.75 Å². The highest BCUT2D eigenvalue weighted by Gasteiger charge is 2.01. The van der Waals surface area contributed by atoms with Crippen LogP contribution in [0.4, 0.5) is 0 Å². The van der Waals surface area contributed by atoms with Crippen molar-refractivity contribution < 1.29 is 5.11 Å². The maximum atomic E-state index is 9.68. The maximum absolute atomic E-state index is 9.68. The van der Waals surface area contributed by atoms with Gasteiger partial charge in [0.05, 0.1) is 5.69 Å². The Morgan fingerprint density at radius 2 is 1.71 bits per heavy atom. The summed E-state index contributed by atoms with van der Waals surface area (Å²) in [6.45, 7) is 5.77. The number of phenols is 1. The Morgan fingerprint density at radius 1 is 1.06 bits per heavy atom. The van der Waals surface area contributed by atoms with E-state index < -0.39 is 0 Å². The average molecular weight is 228 g/mol. The van der Waals surface area contributed by atoms with Gasteiger partial charge in [-0.15, -0.1) is 0 Å². The SMILES string of the molecule is Cc1cc(/C=C/c2cc(C)c(O)c(C)c2)n[nH]1. The van der Waals surface area contributed by atoms with Gasteiger partial charge >= 0.3 is 0 Å². The summed E-state index contributed by atoms with van der Waals surface area (Å²) in [5, 5.41) is 16.7. The van der Waals surface area contributed by atoms with Crippen molar-refractivity contribution in [3.8, 4) is 5.75 Å². The zero-order chi connectivity index (χ0) is 12.4. The van der Waals surface area contributed by atoms with E-state index in [4.69, 9.17) is 0 Å². The van der Waals surface area contributed by atoms with Crippen molar-refractivity contribution in [2.75, 3.05) is 0 Å². The van der Waals surface area contributed by atoms with E-state index in [1.54, 1.807) is 0 Å². The van der Waals surface area contributed by atoms with Crippen LogP contribution >= 0.6 is 0 Å². The van der Waals surface area contributed by atoms with E-state index in [-0.39, 0.29) is 0 Å². The molecule has 2 N–H and O–H groups in total. The minimum Gasteiger partial charge on any atom is -0.507 e. The highest BCUT2D eigenvalue weighted by atomic mass is 16.3. The Hall–Kier alpha value is -2.03. The molecule has 2 aromatic rings. The van der Waals surface area contributed by atoms with Gasteiger partial charge in [0.1, 0.15) is 5.75 Å². The third-order valence-electron chi connectivity index (χ3n) is 2.69. The minimum absolute atomic E-state index is 0.373. The van der Waals surface area contributed by atoms with Crippen LogP contribution in [0.15, 0.2) is 18.2 Å². The van der Waals surface area contributed by atoms with E-state index in [0.717, 1.165) is 28.1 Å². The fourth-order valence-electron chi connectivity index (χ4n) is 1.79. The Kier molecular flexibility index (Phi) is 3.00. The summed E-state index contributed by atoms with van der Waals surface area (Å²) >= 11 is 0. The summed E-state index contributed by atoms with van der Waals surface area (Å²) in [6.07, 6.45) is 3.95. The third-order valence-corrected chi connectivity index (χ3v) is 2.69. The normalized spacial score (nSPS) is 11.2. The number of aromatic amines is 1. The summed E-state index contributed by atoms with van der Waals surface area (Å²) in [6, 6.07) is 5.90. The van der Waals surface area contributed by atoms with Crippen molar-refractivity contribution >= 4 is 12.2 Å². The monoisotopic (exact) mass is 228 g/mol. The number of aromatic nitrogens is 2. The summed E-state index contributed by atoms with van der Waals surface area (Å²) in [5.41, 5.74) is 4.80. The third kappa shape index (κ3) is 2.56. The van der Waals surface area contributed by atoms with Crippen LogP contribution in [0.1, 0.15) is 28.1 Å². The molecule has 0 aliphatic rings. The van der Waals surface area contributed by atoms with Gasteiger partial charge in [0.15, 0.2) is 0 Å². The van der Waals surface area contributed by atoms with Gasteiger partial charge in [-0.25, -0.2) is 0 Å². The van der Waals surface area contributed by atoms with Crippen LogP contribution in [0.25, 0.3) is 12.2 Å². The first-order valence-corrected chi connectivity index (χ1v) is 5.56. The molecular weight excluding hydrogens is 212 g/mol. The second-order valence-electron chi connectivity index (χ2n) is 4.31. The predicted octanol–water partition coefficient (Wildman–Crippen LogP) is 3.21. The van der Waals surface area contributed by atoms with Gasteiger partial charge in [-0.05, 0) is 61.7 Å². The number of rotatable bonds is 2. The Bertz CT molecular complexity index is 544. The zero-order valence-electron chi connectivity index (χ0n) is 10.3. The van der Waals surface area contributed by atoms with Crippen molar-refractivity contribution in [3.05, 3.63) is 46.3 Å². The predicted molar refractivity (Wildman–Crippen MR) is 69.8 cm³/mol. The molecule has 0 saturated heterocycles. The molecule has 3 nitrogen and oxygen atoms in total. The van der Waals surface area contributed by atoms with Gasteiger partial charge in [0, 0.05) is 5.69 Å². The number of nitrogens with one attached hydrogen (secondary N) is 1. The summed E-state index contributed by atoms with van der Waals surface area (Å²) in [5.74, 6) is 0.373. The van der Waals surface area contributed by atoms with Crippen LogP contribution in [0, 0.1) is 20.8 Å². The van der Waals surface area contributed by atoms with E-state index in [9.17, 15) is 5.11 Å². The van der Waals surface area contributed by atoms with Crippen molar-refractivity contribution in [2.45, 2.75) is 20.8 Å². The first kappa shape index (κ1) is 11.5. The van der Waals surface area contributed by atoms with Gasteiger partial charge in [-0.2, -0.15) is 5.10 Å². The summed E-state index contributed by atoms with van der Waals surface area (Å²) in [7, 11) is 0. The van der Waals surface area contributed by atoms with Crippen LogP contribution in [0.5, 0.6) is 5.75 Å². The lowest BCUT2D eigenvalue weighted by molar-refractivity contribution is 0.467. The molecule has 0 bridgehead atoms. The largest absolute Gasteiger partial charge is 0.507 e. The zero-order valence-corrected chi connectivity index (χ0v) is 10.3. The summed E-state index contributed by atoms with van der Waals surface area (Å²) < 4.78 is 0. The van der Waals surface area contributed by atoms with Crippen LogP contribution in [-0.2, 0) is 0 Å². The molecule has 0 fully saturated rings. The van der Waals surface area contributed by atoms with Crippen molar-refractivity contribution in [1.29, 1.82) is 0 Å². The van der Waals surface area contributed by atoms with Gasteiger partial charge in [-0.3, -0.25) is 5.10 Å². The molecule has 0 atom stereocenters. The molecule has 0 aliphatic heterocycles. The molecule has 1 heterocycles. The molecule has 3 heteroatoms. The Labute approximate surface area is 101 Å². The van der Waals surface area contributed by atoms with Crippen LogP contribution in [-0.4, -0.2) is 15.3 Å². The van der Waals surface area contributed by atoms with Crippen molar-refractivity contribution in [3.63, 3.8) is 0 Å². The number of phenolic OH excluding ortho intramolecular Hbond substituents is 1. The van der Waals surface area contributed by atoms with Gasteiger partial charge < -0.3 is 5.11 Å². The van der Waals surface area contributed by atoms with Crippen LogP contribution in [0.2, 0.25) is 0 Å². The number of hydrogen-bond donors (Lipinski definition) is 2. The van der Waals surface area contributed by atoms with Crippen LogP contribution in [0.3, 0.4) is 0 Å². The lowest BCUT2D eigenvalue weighted by Crippen LogP contribution is -1.83. The number of aromatic hydroxyl groups is 1. The second-order valence-corrected chi connectivity index (χ2v) is 4.31. The van der Waals surface area contributed by atoms with E-state index in [1.807, 2.05) is 51.1 Å². The van der Waals surface area contributed by atoms with Gasteiger partial charge in [-0.1, -0.05) is 6.08 Å². The van der Waals surface area contributed by atoms with Crippen molar-refractivity contribution in [2.24, 2.45) is 0 Å². The fraction of sp³-hybridized carbons (Fsp3) is 0.214. The van der Waals surface area contributed by atoms with E-state index in [2.05, 4.69) is 10.2 Å². The average Bonchev–Trinajstić information content (AvgIpc) is 2.69. The van der Waals surface area contributed by atoms with E-state index >= 15 is 0 Å². The molecule has 88 valence electrons. The first-order valence-electron chi connectivity index (χ1n) is 5.56.